The van der Waals surface area contributed by atoms with E-state index in [1.807, 2.05) is 6.07 Å². The lowest BCUT2D eigenvalue weighted by atomic mass is 10.0. The van der Waals surface area contributed by atoms with Gasteiger partial charge in [0.15, 0.2) is 0 Å². The molecule has 0 bridgehead atoms. The van der Waals surface area contributed by atoms with Gasteiger partial charge in [-0.3, -0.25) is 9.00 Å². The lowest BCUT2D eigenvalue weighted by Gasteiger charge is -2.10. The molecule has 1 atom stereocenters. The Morgan fingerprint density at radius 3 is 2.55 bits per heavy atom. The highest BCUT2D eigenvalue weighted by Gasteiger charge is 2.04. The largest absolute Gasteiger partial charge is 0.755 e. The van der Waals surface area contributed by atoms with Crippen LogP contribution in [-0.2, 0) is 28.9 Å². The molecule has 0 aliphatic heterocycles. The van der Waals surface area contributed by atoms with Gasteiger partial charge in [-0.1, -0.05) is 18.2 Å². The zero-order chi connectivity index (χ0) is 15.9. The first kappa shape index (κ1) is 16.1. The van der Waals surface area contributed by atoms with Crippen molar-refractivity contribution in [2.24, 2.45) is 0 Å². The van der Waals surface area contributed by atoms with E-state index in [9.17, 15) is 17.9 Å². The minimum atomic E-state index is -2.36. The lowest BCUT2D eigenvalue weighted by molar-refractivity contribution is -0.105. The average molecular weight is 321 g/mol. The van der Waals surface area contributed by atoms with E-state index in [2.05, 4.69) is 10.0 Å². The van der Waals surface area contributed by atoms with Crippen LogP contribution in [0, 0.1) is 5.82 Å². The van der Waals surface area contributed by atoms with Crippen molar-refractivity contribution < 1.29 is 17.9 Å². The predicted octanol–water partition coefficient (Wildman–Crippen LogP) is 2.39. The van der Waals surface area contributed by atoms with E-state index < -0.39 is 17.1 Å². The molecule has 5 nitrogen and oxygen atoms in total. The van der Waals surface area contributed by atoms with E-state index in [0.29, 0.717) is 24.9 Å². The van der Waals surface area contributed by atoms with Crippen LogP contribution in [-0.4, -0.2) is 15.2 Å². The minimum Gasteiger partial charge on any atom is -0.755 e. The van der Waals surface area contributed by atoms with Crippen LogP contribution >= 0.6 is 0 Å². The maximum atomic E-state index is 13.4. The molecule has 1 amide bonds. The van der Waals surface area contributed by atoms with Crippen molar-refractivity contribution in [1.29, 1.82) is 0 Å². The quantitative estimate of drug-likeness (QED) is 0.607. The maximum Gasteiger partial charge on any atom is 0.211 e. The van der Waals surface area contributed by atoms with Crippen molar-refractivity contribution in [2.45, 2.75) is 12.8 Å². The SMILES string of the molecule is O=CNc1cc(CCc2cccc(NS(=O)[O-])c2)ccc1F. The third-order valence-corrected chi connectivity index (χ3v) is 3.48. The molecule has 0 saturated heterocycles. The number of benzene rings is 2. The summed E-state index contributed by atoms with van der Waals surface area (Å²) >= 11 is -2.36. The number of halogens is 1. The first-order valence-electron chi connectivity index (χ1n) is 6.52. The second-order valence-corrected chi connectivity index (χ2v) is 5.29. The standard InChI is InChI=1S/C15H15FN2O3S/c16-14-7-6-12(9-15(14)17-10-19)5-4-11-2-1-3-13(8-11)18-22(20)21/h1-3,6-10,18H,4-5H2,(H,17,19)(H,20,21)/p-1. The highest BCUT2D eigenvalue weighted by atomic mass is 32.2. The molecule has 7 heteroatoms. The van der Waals surface area contributed by atoms with Gasteiger partial charge in [0.2, 0.25) is 6.41 Å². The van der Waals surface area contributed by atoms with Crippen LogP contribution in [0.2, 0.25) is 0 Å². The highest BCUT2D eigenvalue weighted by molar-refractivity contribution is 7.80. The fourth-order valence-corrected chi connectivity index (χ4v) is 2.40. The smallest absolute Gasteiger partial charge is 0.211 e. The number of rotatable bonds is 7. The van der Waals surface area contributed by atoms with Gasteiger partial charge in [0.1, 0.15) is 5.82 Å². The Kier molecular flexibility index (Phi) is 5.62. The first-order chi connectivity index (χ1) is 10.6. The Bertz CT molecular complexity index is 694. The van der Waals surface area contributed by atoms with Crippen LogP contribution in [0.4, 0.5) is 15.8 Å². The minimum absolute atomic E-state index is 0.143. The summed E-state index contributed by atoms with van der Waals surface area (Å²) in [4.78, 5) is 10.4. The number of nitrogens with one attached hydrogen (secondary N) is 2. The van der Waals surface area contributed by atoms with E-state index in [-0.39, 0.29) is 5.69 Å². The molecule has 116 valence electrons. The topological polar surface area (TPSA) is 81.3 Å². The Balaban J connectivity index is 2.05. The van der Waals surface area contributed by atoms with E-state index in [4.69, 9.17) is 0 Å². The molecule has 1 unspecified atom stereocenters. The normalized spacial score (nSPS) is 11.7. The summed E-state index contributed by atoms with van der Waals surface area (Å²) in [5.41, 5.74) is 2.46. The van der Waals surface area contributed by atoms with Gasteiger partial charge in [-0.15, -0.1) is 0 Å². The summed E-state index contributed by atoms with van der Waals surface area (Å²) in [6.07, 6.45) is 1.73. The summed E-state index contributed by atoms with van der Waals surface area (Å²) in [5, 5.41) is 2.31. The van der Waals surface area contributed by atoms with Crippen molar-refractivity contribution in [3.63, 3.8) is 0 Å². The molecular weight excluding hydrogens is 307 g/mol. The first-order valence-corrected chi connectivity index (χ1v) is 7.59. The second kappa shape index (κ2) is 7.67. The van der Waals surface area contributed by atoms with Gasteiger partial charge in [0.05, 0.1) is 5.69 Å². The summed E-state index contributed by atoms with van der Waals surface area (Å²) in [7, 11) is 0. The van der Waals surface area contributed by atoms with E-state index >= 15 is 0 Å². The number of amides is 1. The van der Waals surface area contributed by atoms with Crippen LogP contribution in [0.25, 0.3) is 0 Å². The molecule has 22 heavy (non-hydrogen) atoms. The third kappa shape index (κ3) is 4.64. The summed E-state index contributed by atoms with van der Waals surface area (Å²) in [5.74, 6) is -0.486. The molecule has 0 aliphatic carbocycles. The highest BCUT2D eigenvalue weighted by Crippen LogP contribution is 2.18. The zero-order valence-electron chi connectivity index (χ0n) is 11.5. The summed E-state index contributed by atoms with van der Waals surface area (Å²) < 4.78 is 36.9. The van der Waals surface area contributed by atoms with Crippen LogP contribution in [0.1, 0.15) is 11.1 Å². The van der Waals surface area contributed by atoms with E-state index in [1.54, 1.807) is 30.3 Å². The number of carbonyl (C=O) groups excluding carboxylic acids is 1. The molecule has 0 aliphatic rings. The fourth-order valence-electron chi connectivity index (χ4n) is 2.08. The van der Waals surface area contributed by atoms with Crippen molar-refractivity contribution in [3.05, 3.63) is 59.4 Å². The van der Waals surface area contributed by atoms with Gasteiger partial charge in [-0.25, -0.2) is 4.39 Å². The van der Waals surface area contributed by atoms with Crippen LogP contribution in [0.3, 0.4) is 0 Å². The van der Waals surface area contributed by atoms with Crippen molar-refractivity contribution in [3.8, 4) is 0 Å². The molecule has 0 saturated carbocycles. The van der Waals surface area contributed by atoms with Crippen molar-refractivity contribution in [2.75, 3.05) is 10.0 Å². The molecule has 0 heterocycles. The average Bonchev–Trinajstić information content (AvgIpc) is 2.48. The number of aryl methyl sites for hydroxylation is 2. The van der Waals surface area contributed by atoms with E-state index in [0.717, 1.165) is 11.1 Å². The molecule has 0 aromatic heterocycles. The molecule has 2 rings (SSSR count). The van der Waals surface area contributed by atoms with Crippen molar-refractivity contribution >= 4 is 29.1 Å². The van der Waals surface area contributed by atoms with Crippen LogP contribution in [0.5, 0.6) is 0 Å². The fraction of sp³-hybridized carbons (Fsp3) is 0.133. The molecule has 2 aromatic carbocycles. The predicted molar refractivity (Wildman–Crippen MR) is 82.5 cm³/mol. The van der Waals surface area contributed by atoms with Gasteiger partial charge in [0, 0.05) is 17.0 Å². The molecule has 0 radical (unpaired) electrons. The summed E-state index contributed by atoms with van der Waals surface area (Å²) in [6, 6.07) is 11.6. The van der Waals surface area contributed by atoms with Crippen molar-refractivity contribution in [1.82, 2.24) is 0 Å². The van der Waals surface area contributed by atoms with Crippen LogP contribution in [0.15, 0.2) is 42.5 Å². The monoisotopic (exact) mass is 321 g/mol. The van der Waals surface area contributed by atoms with E-state index in [1.165, 1.54) is 6.07 Å². The van der Waals surface area contributed by atoms with Gasteiger partial charge < -0.3 is 14.6 Å². The number of hydrogen-bond acceptors (Lipinski definition) is 3. The van der Waals surface area contributed by atoms with Gasteiger partial charge in [-0.2, -0.15) is 0 Å². The van der Waals surface area contributed by atoms with Gasteiger partial charge in [-0.05, 0) is 48.2 Å². The Morgan fingerprint density at radius 2 is 1.86 bits per heavy atom. The van der Waals surface area contributed by atoms with Crippen LogP contribution < -0.4 is 10.0 Å². The molecule has 0 fully saturated rings. The molecule has 0 spiro atoms. The lowest BCUT2D eigenvalue weighted by Crippen LogP contribution is -2.03. The number of anilines is 2. The molecule has 2 N–H and O–H groups in total. The zero-order valence-corrected chi connectivity index (χ0v) is 12.4. The third-order valence-electron chi connectivity index (χ3n) is 3.08. The van der Waals surface area contributed by atoms with Gasteiger partial charge >= 0.3 is 0 Å². The molecular formula is C15H14FN2O3S-. The number of hydrogen-bond donors (Lipinski definition) is 2. The summed E-state index contributed by atoms with van der Waals surface area (Å²) in [6.45, 7) is 0. The molecule has 2 aromatic rings. The Labute approximate surface area is 130 Å². The number of carbonyl (C=O) groups is 1. The maximum absolute atomic E-state index is 13.4. The Hall–Kier alpha value is -2.25. The van der Waals surface area contributed by atoms with Gasteiger partial charge in [0.25, 0.3) is 0 Å². The Morgan fingerprint density at radius 1 is 1.14 bits per heavy atom. The second-order valence-electron chi connectivity index (χ2n) is 4.61.